The summed E-state index contributed by atoms with van der Waals surface area (Å²) < 4.78 is 0. The largest absolute Gasteiger partial charge is 0.389 e. The summed E-state index contributed by atoms with van der Waals surface area (Å²) in [5, 5.41) is 19.7. The Morgan fingerprint density at radius 2 is 2.31 bits per heavy atom. The third kappa shape index (κ3) is 3.75. The minimum atomic E-state index is -1.13. The van der Waals surface area contributed by atoms with Gasteiger partial charge in [-0.1, -0.05) is 23.4 Å². The van der Waals surface area contributed by atoms with Crippen molar-refractivity contribution in [3.8, 4) is 0 Å². The summed E-state index contributed by atoms with van der Waals surface area (Å²) in [4.78, 5) is 14.5. The number of pyridine rings is 1. The summed E-state index contributed by atoms with van der Waals surface area (Å²) in [5.74, 6) is 0.127. The fraction of sp³-hybridized carbons (Fsp3) is 0.400. The minimum absolute atomic E-state index is 0.108. The van der Waals surface area contributed by atoms with E-state index in [1.165, 1.54) is 25.4 Å². The number of carbonyl (C=O) groups excluding carboxylic acids is 1. The molecule has 1 heterocycles. The fourth-order valence-electron chi connectivity index (χ4n) is 1.11. The third-order valence-corrected chi connectivity index (χ3v) is 3.20. The monoisotopic (exact) mass is 261 g/mol. The molecule has 0 radical (unpaired) electrons. The number of aromatic nitrogens is 1. The van der Waals surface area contributed by atoms with Gasteiger partial charge in [-0.15, -0.1) is 0 Å². The molecule has 16 heavy (non-hydrogen) atoms. The van der Waals surface area contributed by atoms with Crippen LogP contribution in [-0.4, -0.2) is 32.2 Å². The third-order valence-electron chi connectivity index (χ3n) is 1.94. The van der Waals surface area contributed by atoms with Crippen molar-refractivity contribution in [2.24, 2.45) is 0 Å². The number of nitrogens with zero attached hydrogens (tertiary/aromatic N) is 1. The highest BCUT2D eigenvalue weighted by Gasteiger charge is 2.21. The number of rotatable bonds is 4. The second-order valence-corrected chi connectivity index (χ2v) is 4.82. The van der Waals surface area contributed by atoms with Gasteiger partial charge >= 0.3 is 0 Å². The lowest BCUT2D eigenvalue weighted by Gasteiger charge is -2.17. The van der Waals surface area contributed by atoms with Gasteiger partial charge in [0, 0.05) is 35.7 Å². The summed E-state index contributed by atoms with van der Waals surface area (Å²) in [5.41, 5.74) is 0.362. The highest BCUT2D eigenvalue weighted by atomic mass is 35.5. The van der Waals surface area contributed by atoms with E-state index in [1.54, 1.807) is 0 Å². The Bertz CT molecular complexity index is 375. The predicted octanol–water partition coefficient (Wildman–Crippen LogP) is 1.41. The highest BCUT2D eigenvalue weighted by molar-refractivity contribution is 8.13. The molecular weight excluding hydrogens is 250 g/mol. The molecule has 2 N–H and O–H groups in total. The van der Waals surface area contributed by atoms with Crippen LogP contribution in [0.2, 0.25) is 5.02 Å². The molecule has 0 amide bonds. The van der Waals surface area contributed by atoms with Crippen molar-refractivity contribution in [2.75, 3.05) is 5.75 Å². The van der Waals surface area contributed by atoms with E-state index in [9.17, 15) is 15.0 Å². The first kappa shape index (κ1) is 13.4. The number of halogens is 1. The number of aliphatic hydroxyl groups is 2. The van der Waals surface area contributed by atoms with Crippen LogP contribution in [0.4, 0.5) is 0 Å². The van der Waals surface area contributed by atoms with E-state index in [2.05, 4.69) is 4.98 Å². The Morgan fingerprint density at radius 3 is 2.88 bits per heavy atom. The number of thioether (sulfide) groups is 1. The lowest BCUT2D eigenvalue weighted by atomic mass is 10.1. The maximum atomic E-state index is 10.7. The number of hydrogen-bond donors (Lipinski definition) is 2. The van der Waals surface area contributed by atoms with E-state index >= 15 is 0 Å². The van der Waals surface area contributed by atoms with Gasteiger partial charge in [0.1, 0.15) is 6.10 Å². The Balaban J connectivity index is 2.66. The van der Waals surface area contributed by atoms with E-state index < -0.39 is 12.2 Å². The maximum absolute atomic E-state index is 10.7. The van der Waals surface area contributed by atoms with Gasteiger partial charge in [-0.25, -0.2) is 0 Å². The molecule has 88 valence electrons. The quantitative estimate of drug-likeness (QED) is 0.858. The van der Waals surface area contributed by atoms with Crippen molar-refractivity contribution in [2.45, 2.75) is 19.1 Å². The van der Waals surface area contributed by atoms with Crippen LogP contribution in [0.3, 0.4) is 0 Å². The molecule has 6 heteroatoms. The zero-order chi connectivity index (χ0) is 12.1. The lowest BCUT2D eigenvalue weighted by Crippen LogP contribution is -2.21. The SMILES string of the molecule is CC(=O)SCC(O)C(O)c1cnccc1Cl. The summed E-state index contributed by atoms with van der Waals surface area (Å²) in [7, 11) is 0. The zero-order valence-electron chi connectivity index (χ0n) is 8.63. The van der Waals surface area contributed by atoms with Crippen LogP contribution in [0.1, 0.15) is 18.6 Å². The summed E-state index contributed by atoms with van der Waals surface area (Å²) in [6.07, 6.45) is 0.716. The van der Waals surface area contributed by atoms with Crippen LogP contribution < -0.4 is 0 Å². The smallest absolute Gasteiger partial charge is 0.185 e. The maximum Gasteiger partial charge on any atom is 0.185 e. The summed E-state index contributed by atoms with van der Waals surface area (Å²) >= 11 is 6.80. The molecule has 1 aromatic heterocycles. The van der Waals surface area contributed by atoms with Gasteiger partial charge in [0.25, 0.3) is 0 Å². The van der Waals surface area contributed by atoms with Crippen molar-refractivity contribution in [1.82, 2.24) is 4.98 Å². The van der Waals surface area contributed by atoms with E-state index in [1.807, 2.05) is 0 Å². The molecule has 2 atom stereocenters. The highest BCUT2D eigenvalue weighted by Crippen LogP contribution is 2.25. The molecule has 0 spiro atoms. The molecule has 0 aliphatic carbocycles. The topological polar surface area (TPSA) is 70.4 Å². The second-order valence-electron chi connectivity index (χ2n) is 3.21. The van der Waals surface area contributed by atoms with Gasteiger partial charge < -0.3 is 10.2 Å². The summed E-state index contributed by atoms with van der Waals surface area (Å²) in [6, 6.07) is 1.53. The van der Waals surface area contributed by atoms with E-state index in [4.69, 9.17) is 11.6 Å². The van der Waals surface area contributed by atoms with Crippen LogP contribution in [0, 0.1) is 0 Å². The molecule has 0 aromatic carbocycles. The molecule has 1 rings (SSSR count). The van der Waals surface area contributed by atoms with Crippen LogP contribution in [0.5, 0.6) is 0 Å². The number of carbonyl (C=O) groups is 1. The molecule has 0 aliphatic heterocycles. The molecule has 1 aromatic rings. The van der Waals surface area contributed by atoms with Crippen molar-refractivity contribution in [3.63, 3.8) is 0 Å². The first-order valence-electron chi connectivity index (χ1n) is 4.61. The van der Waals surface area contributed by atoms with E-state index in [0.29, 0.717) is 10.6 Å². The Morgan fingerprint density at radius 1 is 1.62 bits per heavy atom. The van der Waals surface area contributed by atoms with Gasteiger partial charge in [-0.2, -0.15) is 0 Å². The van der Waals surface area contributed by atoms with Crippen LogP contribution in [0.15, 0.2) is 18.5 Å². The molecular formula is C10H12ClNO3S. The van der Waals surface area contributed by atoms with Gasteiger partial charge in [-0.05, 0) is 6.07 Å². The average molecular weight is 262 g/mol. The van der Waals surface area contributed by atoms with Gasteiger partial charge in [0.05, 0.1) is 6.10 Å². The van der Waals surface area contributed by atoms with Crippen molar-refractivity contribution < 1.29 is 15.0 Å². The van der Waals surface area contributed by atoms with E-state index in [0.717, 1.165) is 11.8 Å². The Kier molecular flexibility index (Phi) is 5.21. The lowest BCUT2D eigenvalue weighted by molar-refractivity contribution is -0.109. The molecule has 0 bridgehead atoms. The average Bonchev–Trinajstić information content (AvgIpc) is 2.25. The van der Waals surface area contributed by atoms with Gasteiger partial charge in [0.2, 0.25) is 0 Å². The zero-order valence-corrected chi connectivity index (χ0v) is 10.2. The predicted molar refractivity (Wildman–Crippen MR) is 63.4 cm³/mol. The van der Waals surface area contributed by atoms with Crippen molar-refractivity contribution in [3.05, 3.63) is 29.0 Å². The van der Waals surface area contributed by atoms with Crippen LogP contribution >= 0.6 is 23.4 Å². The normalized spacial score (nSPS) is 14.5. The number of hydrogen-bond acceptors (Lipinski definition) is 5. The molecule has 0 saturated heterocycles. The van der Waals surface area contributed by atoms with Crippen molar-refractivity contribution in [1.29, 1.82) is 0 Å². The van der Waals surface area contributed by atoms with Crippen LogP contribution in [0.25, 0.3) is 0 Å². The second kappa shape index (κ2) is 6.20. The van der Waals surface area contributed by atoms with Gasteiger partial charge in [0.15, 0.2) is 5.12 Å². The molecule has 0 saturated carbocycles. The van der Waals surface area contributed by atoms with E-state index in [-0.39, 0.29) is 10.9 Å². The number of aliphatic hydroxyl groups excluding tert-OH is 2. The van der Waals surface area contributed by atoms with Crippen LogP contribution in [-0.2, 0) is 4.79 Å². The van der Waals surface area contributed by atoms with Crippen molar-refractivity contribution >= 4 is 28.5 Å². The Labute approximate surface area is 103 Å². The molecule has 0 aliphatic rings. The summed E-state index contributed by atoms with van der Waals surface area (Å²) in [6.45, 7) is 1.40. The molecule has 0 fully saturated rings. The fourth-order valence-corrected chi connectivity index (χ4v) is 1.91. The first-order valence-corrected chi connectivity index (χ1v) is 5.97. The standard InChI is InChI=1S/C10H12ClNO3S/c1-6(13)16-5-9(14)10(15)7-4-12-3-2-8(7)11/h2-4,9-10,14-15H,5H2,1H3. The van der Waals surface area contributed by atoms with Gasteiger partial charge in [-0.3, -0.25) is 9.78 Å². The first-order chi connectivity index (χ1) is 7.52. The molecule has 2 unspecified atom stereocenters. The molecule has 4 nitrogen and oxygen atoms in total. The Hall–Kier alpha value is -0.620. The minimum Gasteiger partial charge on any atom is -0.389 e.